The highest BCUT2D eigenvalue weighted by atomic mass is 16.7. The molecule has 0 unspecified atom stereocenters. The summed E-state index contributed by atoms with van der Waals surface area (Å²) in [7, 11) is 0. The summed E-state index contributed by atoms with van der Waals surface area (Å²) in [6, 6.07) is 0. The van der Waals surface area contributed by atoms with Crippen molar-refractivity contribution in [3.63, 3.8) is 0 Å². The van der Waals surface area contributed by atoms with Crippen molar-refractivity contribution in [1.29, 1.82) is 0 Å². The maximum Gasteiger partial charge on any atom is 0.384 e. The van der Waals surface area contributed by atoms with Crippen LogP contribution in [0, 0.1) is 0 Å². The first-order chi connectivity index (χ1) is 4.58. The number of hydrogen-bond acceptors (Lipinski definition) is 3. The van der Waals surface area contributed by atoms with Gasteiger partial charge in [-0.15, -0.1) is 0 Å². The highest BCUT2D eigenvalue weighted by molar-refractivity contribution is 5.68. The van der Waals surface area contributed by atoms with Crippen LogP contribution in [-0.4, -0.2) is 24.8 Å². The molecule has 0 aliphatic carbocycles. The predicted molar refractivity (Wildman–Crippen MR) is 39.1 cm³/mol. The van der Waals surface area contributed by atoms with Crippen LogP contribution in [0.15, 0.2) is 4.99 Å². The molecule has 0 spiro atoms. The van der Waals surface area contributed by atoms with Crippen molar-refractivity contribution in [2.75, 3.05) is 13.2 Å². The van der Waals surface area contributed by atoms with Crippen molar-refractivity contribution in [3.05, 3.63) is 0 Å². The van der Waals surface area contributed by atoms with E-state index in [9.17, 15) is 0 Å². The van der Waals surface area contributed by atoms with Crippen LogP contribution in [0.3, 0.4) is 0 Å². The van der Waals surface area contributed by atoms with E-state index in [1.165, 1.54) is 0 Å². The summed E-state index contributed by atoms with van der Waals surface area (Å²) in [5.41, 5.74) is -0.191. The van der Waals surface area contributed by atoms with Crippen molar-refractivity contribution in [2.24, 2.45) is 4.99 Å². The molecule has 1 rings (SSSR count). The summed E-state index contributed by atoms with van der Waals surface area (Å²) in [5.74, 6) is 0. The summed E-state index contributed by atoms with van der Waals surface area (Å²) in [6.07, 6.45) is 0.438. The molecule has 0 aromatic carbocycles. The molecule has 1 heterocycles. The lowest BCUT2D eigenvalue weighted by molar-refractivity contribution is 0.0689. The number of aliphatic imine (C=N–C) groups is 1. The highest BCUT2D eigenvalue weighted by Gasteiger charge is 2.17. The standard InChI is InChI=1S/C7H13NO2/c1-7(2,3)10-6-8-4-5-9-6/h4-5H2,1-3H3. The maximum absolute atomic E-state index is 5.33. The molecule has 58 valence electrons. The fourth-order valence-electron chi connectivity index (χ4n) is 0.639. The van der Waals surface area contributed by atoms with Crippen LogP contribution >= 0.6 is 0 Å². The van der Waals surface area contributed by atoms with Crippen LogP contribution in [0.5, 0.6) is 0 Å². The zero-order valence-electron chi connectivity index (χ0n) is 6.68. The van der Waals surface area contributed by atoms with Gasteiger partial charge >= 0.3 is 6.08 Å². The van der Waals surface area contributed by atoms with Gasteiger partial charge in [-0.3, -0.25) is 0 Å². The van der Waals surface area contributed by atoms with E-state index in [2.05, 4.69) is 4.99 Å². The van der Waals surface area contributed by atoms with E-state index in [1.54, 1.807) is 0 Å². The Bertz CT molecular complexity index is 146. The zero-order chi connectivity index (χ0) is 7.61. The van der Waals surface area contributed by atoms with Crippen molar-refractivity contribution in [2.45, 2.75) is 26.4 Å². The largest absolute Gasteiger partial charge is 0.449 e. The Hall–Kier alpha value is -0.730. The molecule has 0 saturated carbocycles. The van der Waals surface area contributed by atoms with Gasteiger partial charge in [0.2, 0.25) is 0 Å². The molecule has 0 saturated heterocycles. The molecule has 1 aliphatic rings. The highest BCUT2D eigenvalue weighted by Crippen LogP contribution is 2.10. The zero-order valence-corrected chi connectivity index (χ0v) is 6.68. The second-order valence-electron chi connectivity index (χ2n) is 3.21. The van der Waals surface area contributed by atoms with Crippen molar-refractivity contribution in [1.82, 2.24) is 0 Å². The quantitative estimate of drug-likeness (QED) is 0.510. The molecule has 0 aromatic heterocycles. The van der Waals surface area contributed by atoms with Gasteiger partial charge in [0.25, 0.3) is 0 Å². The molecule has 0 fully saturated rings. The molecule has 0 amide bonds. The summed E-state index contributed by atoms with van der Waals surface area (Å²) >= 11 is 0. The van der Waals surface area contributed by atoms with Gasteiger partial charge in [0.15, 0.2) is 0 Å². The minimum Gasteiger partial charge on any atom is -0.449 e. The normalized spacial score (nSPS) is 18.1. The summed E-state index contributed by atoms with van der Waals surface area (Å²) in [6.45, 7) is 7.29. The van der Waals surface area contributed by atoms with Gasteiger partial charge in [0, 0.05) is 0 Å². The Balaban J connectivity index is 2.38. The molecule has 0 N–H and O–H groups in total. The first kappa shape index (κ1) is 7.38. The lowest BCUT2D eigenvalue weighted by atomic mass is 10.2. The van der Waals surface area contributed by atoms with Crippen molar-refractivity contribution < 1.29 is 9.47 Å². The van der Waals surface area contributed by atoms with Crippen molar-refractivity contribution >= 4 is 6.08 Å². The van der Waals surface area contributed by atoms with Gasteiger partial charge in [-0.05, 0) is 20.8 Å². The van der Waals surface area contributed by atoms with Gasteiger partial charge in [0.1, 0.15) is 12.2 Å². The Morgan fingerprint density at radius 2 is 2.20 bits per heavy atom. The monoisotopic (exact) mass is 143 g/mol. The van der Waals surface area contributed by atoms with Gasteiger partial charge in [0.05, 0.1) is 6.54 Å². The Labute approximate surface area is 61.0 Å². The topological polar surface area (TPSA) is 30.8 Å². The predicted octanol–water partition coefficient (Wildman–Crippen LogP) is 1.19. The third kappa shape index (κ3) is 2.25. The SMILES string of the molecule is CC(C)(C)OC1=NCCO1. The third-order valence-electron chi connectivity index (χ3n) is 0.951. The average molecular weight is 143 g/mol. The van der Waals surface area contributed by atoms with E-state index in [-0.39, 0.29) is 5.60 Å². The van der Waals surface area contributed by atoms with Crippen LogP contribution in [0.2, 0.25) is 0 Å². The van der Waals surface area contributed by atoms with Crippen LogP contribution in [-0.2, 0) is 9.47 Å². The summed E-state index contributed by atoms with van der Waals surface area (Å²) in [5, 5.41) is 0. The number of nitrogens with zero attached hydrogens (tertiary/aromatic N) is 1. The van der Waals surface area contributed by atoms with Gasteiger partial charge in [-0.25, -0.2) is 4.99 Å². The molecule has 3 heteroatoms. The van der Waals surface area contributed by atoms with Gasteiger partial charge < -0.3 is 9.47 Å². The van der Waals surface area contributed by atoms with E-state index in [0.717, 1.165) is 6.54 Å². The first-order valence-electron chi connectivity index (χ1n) is 3.44. The van der Waals surface area contributed by atoms with E-state index in [1.807, 2.05) is 20.8 Å². The average Bonchev–Trinajstić information content (AvgIpc) is 2.12. The Morgan fingerprint density at radius 3 is 2.60 bits per heavy atom. The summed E-state index contributed by atoms with van der Waals surface area (Å²) in [4.78, 5) is 3.99. The number of hydrogen-bond donors (Lipinski definition) is 0. The van der Waals surface area contributed by atoms with Crippen LogP contribution in [0.1, 0.15) is 20.8 Å². The lowest BCUT2D eigenvalue weighted by Gasteiger charge is -2.19. The van der Waals surface area contributed by atoms with E-state index in [4.69, 9.17) is 9.47 Å². The second-order valence-corrected chi connectivity index (χ2v) is 3.21. The summed E-state index contributed by atoms with van der Waals surface area (Å²) < 4.78 is 10.4. The molecule has 3 nitrogen and oxygen atoms in total. The molecule has 0 radical (unpaired) electrons. The van der Waals surface area contributed by atoms with Crippen molar-refractivity contribution in [3.8, 4) is 0 Å². The minimum absolute atomic E-state index is 0.191. The molecule has 0 atom stereocenters. The molecular formula is C7H13NO2. The fraction of sp³-hybridized carbons (Fsp3) is 0.857. The number of ether oxygens (including phenoxy) is 2. The third-order valence-corrected chi connectivity index (χ3v) is 0.951. The van der Waals surface area contributed by atoms with Crippen LogP contribution in [0.25, 0.3) is 0 Å². The van der Waals surface area contributed by atoms with Gasteiger partial charge in [-0.2, -0.15) is 0 Å². The van der Waals surface area contributed by atoms with Crippen LogP contribution < -0.4 is 0 Å². The van der Waals surface area contributed by atoms with Crippen LogP contribution in [0.4, 0.5) is 0 Å². The molecule has 1 aliphatic heterocycles. The molecule has 0 aromatic rings. The number of rotatable bonds is 0. The fourth-order valence-corrected chi connectivity index (χ4v) is 0.639. The molecular weight excluding hydrogens is 130 g/mol. The van der Waals surface area contributed by atoms with E-state index < -0.39 is 0 Å². The van der Waals surface area contributed by atoms with E-state index >= 15 is 0 Å². The lowest BCUT2D eigenvalue weighted by Crippen LogP contribution is -2.23. The Morgan fingerprint density at radius 1 is 1.50 bits per heavy atom. The van der Waals surface area contributed by atoms with Gasteiger partial charge in [-0.1, -0.05) is 0 Å². The first-order valence-corrected chi connectivity index (χ1v) is 3.44. The maximum atomic E-state index is 5.33. The van der Waals surface area contributed by atoms with E-state index in [0.29, 0.717) is 12.7 Å². The molecule has 10 heavy (non-hydrogen) atoms. The second kappa shape index (κ2) is 2.48. The smallest absolute Gasteiger partial charge is 0.384 e. The Kier molecular flexibility index (Phi) is 1.83. The minimum atomic E-state index is -0.191. The molecule has 0 bridgehead atoms.